The Bertz CT molecular complexity index is 579. The maximum atomic E-state index is 5.98. The first-order valence-corrected chi connectivity index (χ1v) is 7.30. The van der Waals surface area contributed by atoms with Gasteiger partial charge in [-0.3, -0.25) is 4.98 Å². The molecule has 0 atom stereocenters. The van der Waals surface area contributed by atoms with Crippen LogP contribution in [0.1, 0.15) is 25.1 Å². The molecule has 2 rings (SSSR count). The molecule has 19 heavy (non-hydrogen) atoms. The summed E-state index contributed by atoms with van der Waals surface area (Å²) in [6.45, 7) is 6.33. The number of nitrogen functional groups attached to an aromatic ring is 1. The Kier molecular flexibility index (Phi) is 4.34. The van der Waals surface area contributed by atoms with E-state index >= 15 is 0 Å². The molecule has 0 saturated heterocycles. The molecule has 0 saturated carbocycles. The lowest BCUT2D eigenvalue weighted by Gasteiger charge is -2.10. The van der Waals surface area contributed by atoms with Gasteiger partial charge in [-0.1, -0.05) is 19.9 Å². The van der Waals surface area contributed by atoms with Gasteiger partial charge in [0.25, 0.3) is 0 Å². The molecule has 2 N–H and O–H groups in total. The van der Waals surface area contributed by atoms with Crippen LogP contribution in [0.15, 0.2) is 18.3 Å². The average molecular weight is 368 g/mol. The first-order valence-electron chi connectivity index (χ1n) is 6.22. The number of aryl methyl sites for hydroxylation is 1. The molecular weight excluding hydrogens is 351 g/mol. The highest BCUT2D eigenvalue weighted by Crippen LogP contribution is 2.23. The molecular formula is C14H17IN4. The molecule has 2 aromatic rings. The normalized spacial score (nSPS) is 11.0. The van der Waals surface area contributed by atoms with Crippen LogP contribution in [0.2, 0.25) is 0 Å². The zero-order valence-corrected chi connectivity index (χ0v) is 13.5. The lowest BCUT2D eigenvalue weighted by molar-refractivity contribution is 0.632. The molecule has 0 radical (unpaired) electrons. The Morgan fingerprint density at radius 3 is 2.58 bits per heavy atom. The summed E-state index contributed by atoms with van der Waals surface area (Å²) in [5.41, 5.74) is 8.86. The number of aromatic nitrogens is 3. The molecule has 5 heteroatoms. The summed E-state index contributed by atoms with van der Waals surface area (Å²) < 4.78 is 0.946. The van der Waals surface area contributed by atoms with Crippen molar-refractivity contribution in [3.05, 3.63) is 33.2 Å². The van der Waals surface area contributed by atoms with Gasteiger partial charge in [-0.2, -0.15) is 0 Å². The van der Waals surface area contributed by atoms with E-state index in [0.29, 0.717) is 17.6 Å². The maximum Gasteiger partial charge on any atom is 0.180 e. The van der Waals surface area contributed by atoms with Crippen molar-refractivity contribution in [1.82, 2.24) is 15.0 Å². The molecule has 2 aromatic heterocycles. The van der Waals surface area contributed by atoms with Crippen molar-refractivity contribution < 1.29 is 0 Å². The average Bonchev–Trinajstić information content (AvgIpc) is 2.35. The fourth-order valence-corrected chi connectivity index (χ4v) is 2.21. The minimum absolute atomic E-state index is 0.529. The third kappa shape index (κ3) is 3.40. The van der Waals surface area contributed by atoms with Crippen LogP contribution in [0.25, 0.3) is 11.5 Å². The monoisotopic (exact) mass is 368 g/mol. The third-order valence-electron chi connectivity index (χ3n) is 2.69. The number of nitrogens with two attached hydrogens (primary N) is 1. The van der Waals surface area contributed by atoms with Crippen LogP contribution in [0.3, 0.4) is 0 Å². The van der Waals surface area contributed by atoms with Crippen LogP contribution >= 0.6 is 22.6 Å². The molecule has 4 nitrogen and oxygen atoms in total. The van der Waals surface area contributed by atoms with Crippen LogP contribution in [-0.2, 0) is 6.42 Å². The van der Waals surface area contributed by atoms with Gasteiger partial charge in [0.1, 0.15) is 11.5 Å². The predicted octanol–water partition coefficient (Wildman–Crippen LogP) is 3.23. The highest BCUT2D eigenvalue weighted by atomic mass is 127. The molecule has 0 amide bonds. The minimum Gasteiger partial charge on any atom is -0.383 e. The standard InChI is InChI=1S/C14H17IN4/c1-8(2)6-11-12(15)13(16)19-14(18-11)10-5-4-9(3)7-17-10/h4-5,7-8H,6H2,1-3H3,(H2,16,18,19). The molecule has 2 heterocycles. The number of rotatable bonds is 3. The van der Waals surface area contributed by atoms with E-state index in [1.807, 2.05) is 25.3 Å². The highest BCUT2D eigenvalue weighted by molar-refractivity contribution is 14.1. The summed E-state index contributed by atoms with van der Waals surface area (Å²) in [5, 5.41) is 0. The zero-order valence-electron chi connectivity index (χ0n) is 11.3. The van der Waals surface area contributed by atoms with E-state index in [0.717, 1.165) is 26.9 Å². The van der Waals surface area contributed by atoms with E-state index in [-0.39, 0.29) is 0 Å². The van der Waals surface area contributed by atoms with Gasteiger partial charge in [0.15, 0.2) is 5.82 Å². The summed E-state index contributed by atoms with van der Waals surface area (Å²) in [7, 11) is 0. The van der Waals surface area contributed by atoms with Gasteiger partial charge in [0.05, 0.1) is 9.26 Å². The molecule has 0 aliphatic heterocycles. The summed E-state index contributed by atoms with van der Waals surface area (Å²) in [6.07, 6.45) is 2.71. The second-order valence-corrected chi connectivity index (χ2v) is 6.09. The fourth-order valence-electron chi connectivity index (χ4n) is 1.75. The smallest absolute Gasteiger partial charge is 0.180 e. The minimum atomic E-state index is 0.529. The van der Waals surface area contributed by atoms with Gasteiger partial charge < -0.3 is 5.73 Å². The lowest BCUT2D eigenvalue weighted by atomic mass is 10.1. The van der Waals surface area contributed by atoms with Gasteiger partial charge in [-0.25, -0.2) is 9.97 Å². The van der Waals surface area contributed by atoms with Crippen LogP contribution in [0.5, 0.6) is 0 Å². The molecule has 0 aromatic carbocycles. The number of halogens is 1. The molecule has 100 valence electrons. The number of anilines is 1. The van der Waals surface area contributed by atoms with Crippen molar-refractivity contribution in [2.45, 2.75) is 27.2 Å². The van der Waals surface area contributed by atoms with E-state index in [1.54, 1.807) is 0 Å². The number of nitrogens with zero attached hydrogens (tertiary/aromatic N) is 3. The van der Waals surface area contributed by atoms with Crippen LogP contribution < -0.4 is 5.73 Å². The molecule has 0 aliphatic rings. The fraction of sp³-hybridized carbons (Fsp3) is 0.357. The van der Waals surface area contributed by atoms with Gasteiger partial charge in [-0.05, 0) is 53.5 Å². The first-order chi connectivity index (χ1) is 8.97. The lowest BCUT2D eigenvalue weighted by Crippen LogP contribution is -2.08. The van der Waals surface area contributed by atoms with Crippen molar-refractivity contribution in [1.29, 1.82) is 0 Å². The third-order valence-corrected chi connectivity index (χ3v) is 3.86. The molecule has 0 bridgehead atoms. The van der Waals surface area contributed by atoms with Crippen LogP contribution in [0, 0.1) is 16.4 Å². The SMILES string of the molecule is Cc1ccc(-c2nc(N)c(I)c(CC(C)C)n2)nc1. The van der Waals surface area contributed by atoms with Gasteiger partial charge in [-0.15, -0.1) is 0 Å². The Labute approximate surface area is 127 Å². The molecule has 0 unspecified atom stereocenters. The van der Waals surface area contributed by atoms with Crippen molar-refractivity contribution >= 4 is 28.4 Å². The molecule has 0 spiro atoms. The van der Waals surface area contributed by atoms with E-state index in [9.17, 15) is 0 Å². The summed E-state index contributed by atoms with van der Waals surface area (Å²) >= 11 is 2.21. The largest absolute Gasteiger partial charge is 0.383 e. The first kappa shape index (κ1) is 14.2. The quantitative estimate of drug-likeness (QED) is 0.845. The van der Waals surface area contributed by atoms with E-state index in [2.05, 4.69) is 51.4 Å². The van der Waals surface area contributed by atoms with E-state index in [4.69, 9.17) is 5.73 Å². The summed E-state index contributed by atoms with van der Waals surface area (Å²) in [6, 6.07) is 3.93. The second kappa shape index (κ2) is 5.81. The predicted molar refractivity (Wildman–Crippen MR) is 85.7 cm³/mol. The maximum absolute atomic E-state index is 5.98. The summed E-state index contributed by atoms with van der Waals surface area (Å²) in [5.74, 6) is 1.67. The molecule has 0 aliphatic carbocycles. The van der Waals surface area contributed by atoms with E-state index < -0.39 is 0 Å². The number of pyridine rings is 1. The van der Waals surface area contributed by atoms with Crippen molar-refractivity contribution in [3.8, 4) is 11.5 Å². The van der Waals surface area contributed by atoms with Crippen LogP contribution in [-0.4, -0.2) is 15.0 Å². The van der Waals surface area contributed by atoms with Gasteiger partial charge in [0.2, 0.25) is 0 Å². The topological polar surface area (TPSA) is 64.7 Å². The van der Waals surface area contributed by atoms with Crippen molar-refractivity contribution in [3.63, 3.8) is 0 Å². The number of hydrogen-bond acceptors (Lipinski definition) is 4. The van der Waals surface area contributed by atoms with Gasteiger partial charge >= 0.3 is 0 Å². The van der Waals surface area contributed by atoms with Gasteiger partial charge in [0, 0.05) is 6.20 Å². The Hall–Kier alpha value is -1.24. The van der Waals surface area contributed by atoms with E-state index in [1.165, 1.54) is 0 Å². The summed E-state index contributed by atoms with van der Waals surface area (Å²) in [4.78, 5) is 13.3. The van der Waals surface area contributed by atoms with Crippen molar-refractivity contribution in [2.75, 3.05) is 5.73 Å². The Morgan fingerprint density at radius 2 is 2.00 bits per heavy atom. The second-order valence-electron chi connectivity index (χ2n) is 5.01. The Balaban J connectivity index is 2.46. The zero-order chi connectivity index (χ0) is 14.0. The Morgan fingerprint density at radius 1 is 1.26 bits per heavy atom. The molecule has 0 fully saturated rings. The van der Waals surface area contributed by atoms with Crippen molar-refractivity contribution in [2.24, 2.45) is 5.92 Å². The van der Waals surface area contributed by atoms with Crippen LogP contribution in [0.4, 0.5) is 5.82 Å². The number of hydrogen-bond donors (Lipinski definition) is 1. The highest BCUT2D eigenvalue weighted by Gasteiger charge is 2.13.